The number of para-hydroxylation sites is 4. The number of rotatable bonds is 3. The predicted octanol–water partition coefficient (Wildman–Crippen LogP) is 13.0. The summed E-state index contributed by atoms with van der Waals surface area (Å²) in [4.78, 5) is 10.9. The fourth-order valence-electron chi connectivity index (χ4n) is 8.46. The SMILES string of the molecule is c1ccc(-n2c3ccccc3c3cc(-c4nc5ccccc5nc4-n4c5cc6ccccc6cc5c5cc6c(cc54)sc4ccccc46)ccc32)cc1. The van der Waals surface area contributed by atoms with Crippen LogP contribution in [0, 0.1) is 0 Å². The molecule has 4 aromatic heterocycles. The molecule has 12 aromatic rings. The Morgan fingerprint density at radius 1 is 0.377 bits per heavy atom. The molecule has 0 spiro atoms. The Balaban J connectivity index is 1.21. The van der Waals surface area contributed by atoms with E-state index in [0.29, 0.717) is 0 Å². The van der Waals surface area contributed by atoms with Crippen molar-refractivity contribution in [3.63, 3.8) is 0 Å². The number of aromatic nitrogens is 4. The Kier molecular flexibility index (Phi) is 5.90. The summed E-state index contributed by atoms with van der Waals surface area (Å²) >= 11 is 1.85. The molecule has 12 rings (SSSR count). The molecule has 0 unspecified atom stereocenters. The summed E-state index contributed by atoms with van der Waals surface area (Å²) < 4.78 is 7.28. The van der Waals surface area contributed by atoms with E-state index >= 15 is 0 Å². The largest absolute Gasteiger partial charge is 0.309 e. The van der Waals surface area contributed by atoms with Gasteiger partial charge in [-0.15, -0.1) is 11.3 Å². The number of nitrogens with zero attached hydrogens (tertiary/aromatic N) is 4. The van der Waals surface area contributed by atoms with Gasteiger partial charge in [-0.25, -0.2) is 9.97 Å². The number of fused-ring (bicyclic) bond motifs is 11. The fraction of sp³-hybridized carbons (Fsp3) is 0. The second kappa shape index (κ2) is 10.8. The minimum atomic E-state index is 0.825. The molecule has 8 aromatic carbocycles. The lowest BCUT2D eigenvalue weighted by atomic mass is 10.0. The highest BCUT2D eigenvalue weighted by molar-refractivity contribution is 7.25. The van der Waals surface area contributed by atoms with Crippen LogP contribution in [0.4, 0.5) is 0 Å². The fourth-order valence-corrected chi connectivity index (χ4v) is 9.58. The van der Waals surface area contributed by atoms with Crippen molar-refractivity contribution in [1.29, 1.82) is 0 Å². The van der Waals surface area contributed by atoms with Gasteiger partial charge in [-0.1, -0.05) is 97.1 Å². The first-order valence-electron chi connectivity index (χ1n) is 17.9. The zero-order valence-corrected chi connectivity index (χ0v) is 29.2. The predicted molar refractivity (Wildman–Crippen MR) is 224 cm³/mol. The van der Waals surface area contributed by atoms with Gasteiger partial charge in [0.15, 0.2) is 5.82 Å². The lowest BCUT2D eigenvalue weighted by molar-refractivity contribution is 1.08. The molecule has 0 saturated heterocycles. The molecule has 53 heavy (non-hydrogen) atoms. The van der Waals surface area contributed by atoms with E-state index in [2.05, 4.69) is 167 Å². The molecular weight excluding hydrogens is 665 g/mol. The van der Waals surface area contributed by atoms with Crippen LogP contribution in [0.2, 0.25) is 0 Å². The van der Waals surface area contributed by atoms with Gasteiger partial charge < -0.3 is 4.57 Å². The van der Waals surface area contributed by atoms with Crippen LogP contribution in [0.15, 0.2) is 170 Å². The van der Waals surface area contributed by atoms with E-state index in [4.69, 9.17) is 9.97 Å². The van der Waals surface area contributed by atoms with Crippen LogP contribution >= 0.6 is 11.3 Å². The molecule has 0 aliphatic heterocycles. The minimum absolute atomic E-state index is 0.825. The zero-order valence-electron chi connectivity index (χ0n) is 28.4. The molecular formula is C48H28N4S. The maximum atomic E-state index is 5.49. The van der Waals surface area contributed by atoms with Crippen molar-refractivity contribution in [3.8, 4) is 22.8 Å². The van der Waals surface area contributed by atoms with Crippen molar-refractivity contribution in [3.05, 3.63) is 170 Å². The molecule has 0 fully saturated rings. The van der Waals surface area contributed by atoms with Crippen molar-refractivity contribution in [1.82, 2.24) is 19.1 Å². The van der Waals surface area contributed by atoms with Crippen molar-refractivity contribution in [2.45, 2.75) is 0 Å². The van der Waals surface area contributed by atoms with Crippen LogP contribution in [0.3, 0.4) is 0 Å². The van der Waals surface area contributed by atoms with Gasteiger partial charge in [0.05, 0.1) is 33.1 Å². The lowest BCUT2D eigenvalue weighted by Gasteiger charge is -2.14. The minimum Gasteiger partial charge on any atom is -0.309 e. The molecule has 246 valence electrons. The highest BCUT2D eigenvalue weighted by Crippen LogP contribution is 2.43. The van der Waals surface area contributed by atoms with Crippen LogP contribution in [-0.2, 0) is 0 Å². The molecule has 0 N–H and O–H groups in total. The van der Waals surface area contributed by atoms with Crippen molar-refractivity contribution < 1.29 is 0 Å². The molecule has 0 bridgehead atoms. The molecule has 5 heteroatoms. The van der Waals surface area contributed by atoms with Crippen LogP contribution in [0.1, 0.15) is 0 Å². The Morgan fingerprint density at radius 2 is 1.02 bits per heavy atom. The van der Waals surface area contributed by atoms with Gasteiger partial charge in [0.1, 0.15) is 5.69 Å². The number of hydrogen-bond acceptors (Lipinski definition) is 3. The number of benzene rings is 8. The molecule has 0 aliphatic rings. The Bertz CT molecular complexity index is 3460. The third kappa shape index (κ3) is 4.17. The molecule has 0 radical (unpaired) electrons. The standard InChI is InChI=1S/C48H28N4S/c1-2-14-32(15-3-1)51-41-20-10-6-16-33(41)35-25-31(22-23-42(35)51)47-48(50-40-19-9-8-18-39(40)49-47)52-43-26-30-13-5-4-12-29(30)24-36(43)37-27-38-34-17-7-11-21-45(34)53-46(38)28-44(37)52/h1-28H. The Morgan fingerprint density at radius 3 is 1.89 bits per heavy atom. The smallest absolute Gasteiger partial charge is 0.165 e. The van der Waals surface area contributed by atoms with E-state index in [1.165, 1.54) is 58.0 Å². The molecule has 0 saturated carbocycles. The van der Waals surface area contributed by atoms with Crippen LogP contribution in [0.5, 0.6) is 0 Å². The van der Waals surface area contributed by atoms with E-state index in [0.717, 1.165) is 50.3 Å². The third-order valence-electron chi connectivity index (χ3n) is 10.9. The second-order valence-corrected chi connectivity index (χ2v) is 14.9. The Labute approximate surface area is 307 Å². The monoisotopic (exact) mass is 692 g/mol. The van der Waals surface area contributed by atoms with Crippen LogP contribution in [-0.4, -0.2) is 19.1 Å². The normalized spacial score (nSPS) is 12.2. The molecule has 4 heterocycles. The van der Waals surface area contributed by atoms with E-state index in [1.54, 1.807) is 0 Å². The van der Waals surface area contributed by atoms with Crippen LogP contribution < -0.4 is 0 Å². The van der Waals surface area contributed by atoms with Gasteiger partial charge in [0.25, 0.3) is 0 Å². The Hall–Kier alpha value is -6.82. The molecule has 0 aliphatic carbocycles. The maximum Gasteiger partial charge on any atom is 0.165 e. The average molecular weight is 693 g/mol. The summed E-state index contributed by atoms with van der Waals surface area (Å²) in [7, 11) is 0. The average Bonchev–Trinajstić information content (AvgIpc) is 3.85. The summed E-state index contributed by atoms with van der Waals surface area (Å²) in [5, 5.41) is 9.81. The van der Waals surface area contributed by atoms with Gasteiger partial charge in [0, 0.05) is 53.0 Å². The van der Waals surface area contributed by atoms with E-state index in [1.807, 2.05) is 23.5 Å². The first-order chi connectivity index (χ1) is 26.3. The quantitative estimate of drug-likeness (QED) is 0.185. The van der Waals surface area contributed by atoms with E-state index in [-0.39, 0.29) is 0 Å². The third-order valence-corrected chi connectivity index (χ3v) is 12.0. The van der Waals surface area contributed by atoms with E-state index < -0.39 is 0 Å². The maximum absolute atomic E-state index is 5.49. The van der Waals surface area contributed by atoms with Gasteiger partial charge in [0.2, 0.25) is 0 Å². The molecule has 0 amide bonds. The van der Waals surface area contributed by atoms with Gasteiger partial charge >= 0.3 is 0 Å². The highest BCUT2D eigenvalue weighted by Gasteiger charge is 2.22. The van der Waals surface area contributed by atoms with Crippen molar-refractivity contribution in [2.75, 3.05) is 0 Å². The summed E-state index contributed by atoms with van der Waals surface area (Å²) in [6, 6.07) is 61.1. The highest BCUT2D eigenvalue weighted by atomic mass is 32.1. The van der Waals surface area contributed by atoms with Crippen LogP contribution in [0.25, 0.3) is 108 Å². The summed E-state index contributed by atoms with van der Waals surface area (Å²) in [6.07, 6.45) is 0. The van der Waals surface area contributed by atoms with E-state index in [9.17, 15) is 0 Å². The lowest BCUT2D eigenvalue weighted by Crippen LogP contribution is -2.03. The summed E-state index contributed by atoms with van der Waals surface area (Å²) in [5.41, 5.74) is 9.34. The van der Waals surface area contributed by atoms with Crippen molar-refractivity contribution >= 4 is 96.9 Å². The summed E-state index contributed by atoms with van der Waals surface area (Å²) in [6.45, 7) is 0. The number of hydrogen-bond donors (Lipinski definition) is 0. The molecule has 0 atom stereocenters. The van der Waals surface area contributed by atoms with Gasteiger partial charge in [-0.3, -0.25) is 4.57 Å². The topological polar surface area (TPSA) is 35.6 Å². The van der Waals surface area contributed by atoms with Gasteiger partial charge in [-0.2, -0.15) is 0 Å². The second-order valence-electron chi connectivity index (χ2n) is 13.8. The van der Waals surface area contributed by atoms with Gasteiger partial charge in [-0.05, 0) is 83.6 Å². The first-order valence-corrected chi connectivity index (χ1v) is 18.7. The number of thiophene rings is 1. The summed E-state index contributed by atoms with van der Waals surface area (Å²) in [5.74, 6) is 0.825. The first kappa shape index (κ1) is 28.8. The molecule has 4 nitrogen and oxygen atoms in total. The van der Waals surface area contributed by atoms with Crippen molar-refractivity contribution in [2.24, 2.45) is 0 Å². The zero-order chi connectivity index (χ0) is 34.6.